The molecular formula is C19H19ClN4O5S2. The van der Waals surface area contributed by atoms with Crippen LogP contribution in [-0.4, -0.2) is 53.0 Å². The van der Waals surface area contributed by atoms with Crippen molar-refractivity contribution in [3.63, 3.8) is 0 Å². The number of carbonyl (C=O) groups excluding carboxylic acids is 2. The third-order valence-electron chi connectivity index (χ3n) is 4.40. The van der Waals surface area contributed by atoms with Crippen molar-refractivity contribution >= 4 is 61.9 Å². The first-order valence-electron chi connectivity index (χ1n) is 9.25. The average Bonchev–Trinajstić information content (AvgIpc) is 3.23. The van der Waals surface area contributed by atoms with Gasteiger partial charge in [0.25, 0.3) is 5.91 Å². The van der Waals surface area contributed by atoms with Crippen LogP contribution in [0, 0.1) is 0 Å². The van der Waals surface area contributed by atoms with Crippen LogP contribution in [0.2, 0.25) is 5.02 Å². The van der Waals surface area contributed by atoms with E-state index < -0.39 is 28.5 Å². The Kier molecular flexibility index (Phi) is 7.21. The van der Waals surface area contributed by atoms with Gasteiger partial charge in [-0.3, -0.25) is 4.79 Å². The van der Waals surface area contributed by atoms with E-state index in [1.54, 1.807) is 32.0 Å². The van der Waals surface area contributed by atoms with Crippen molar-refractivity contribution in [1.29, 1.82) is 0 Å². The largest absolute Gasteiger partial charge is 0.452 e. The van der Waals surface area contributed by atoms with E-state index in [1.165, 1.54) is 16.4 Å². The summed E-state index contributed by atoms with van der Waals surface area (Å²) in [6.45, 7) is 3.40. The fraction of sp³-hybridized carbons (Fsp3) is 0.263. The third kappa shape index (κ3) is 5.01. The van der Waals surface area contributed by atoms with E-state index in [9.17, 15) is 18.0 Å². The highest BCUT2D eigenvalue weighted by molar-refractivity contribution is 7.89. The molecule has 31 heavy (non-hydrogen) atoms. The maximum absolute atomic E-state index is 12.7. The van der Waals surface area contributed by atoms with Crippen molar-refractivity contribution < 1.29 is 22.7 Å². The second-order valence-electron chi connectivity index (χ2n) is 6.29. The molecule has 0 saturated carbocycles. The Labute approximate surface area is 188 Å². The summed E-state index contributed by atoms with van der Waals surface area (Å²) < 4.78 is 39.9. The first-order valence-corrected chi connectivity index (χ1v) is 11.8. The van der Waals surface area contributed by atoms with Crippen molar-refractivity contribution in [1.82, 2.24) is 13.1 Å². The van der Waals surface area contributed by atoms with E-state index in [-0.39, 0.29) is 28.6 Å². The highest BCUT2D eigenvalue weighted by Gasteiger charge is 2.24. The number of rotatable bonds is 8. The second kappa shape index (κ2) is 9.69. The summed E-state index contributed by atoms with van der Waals surface area (Å²) in [4.78, 5) is 24.6. The fourth-order valence-corrected chi connectivity index (χ4v) is 5.07. The Hall–Kier alpha value is -2.60. The highest BCUT2D eigenvalue weighted by atomic mass is 35.5. The van der Waals surface area contributed by atoms with E-state index in [4.69, 9.17) is 16.3 Å². The predicted molar refractivity (Wildman–Crippen MR) is 118 cm³/mol. The van der Waals surface area contributed by atoms with Crippen LogP contribution >= 0.6 is 23.3 Å². The monoisotopic (exact) mass is 482 g/mol. The fourth-order valence-electron chi connectivity index (χ4n) is 2.84. The minimum atomic E-state index is -3.79. The molecule has 9 nitrogen and oxygen atoms in total. The number of ether oxygens (including phenoxy) is 1. The van der Waals surface area contributed by atoms with Crippen LogP contribution in [0.25, 0.3) is 11.0 Å². The Morgan fingerprint density at radius 3 is 2.61 bits per heavy atom. The number of sulfonamides is 1. The van der Waals surface area contributed by atoms with Gasteiger partial charge in [-0.2, -0.15) is 13.1 Å². The van der Waals surface area contributed by atoms with E-state index in [0.717, 1.165) is 17.8 Å². The van der Waals surface area contributed by atoms with E-state index in [1.807, 2.05) is 0 Å². The second-order valence-corrected chi connectivity index (χ2v) is 9.17. The molecule has 0 radical (unpaired) electrons. The van der Waals surface area contributed by atoms with Crippen LogP contribution in [0.5, 0.6) is 0 Å². The number of halogens is 1. The zero-order valence-corrected chi connectivity index (χ0v) is 19.1. The Bertz CT molecular complexity index is 1230. The van der Waals surface area contributed by atoms with Crippen molar-refractivity contribution in [2.75, 3.05) is 25.0 Å². The number of anilines is 1. The molecule has 1 aromatic heterocycles. The molecule has 2 aromatic carbocycles. The van der Waals surface area contributed by atoms with Gasteiger partial charge in [-0.25, -0.2) is 13.2 Å². The minimum absolute atomic E-state index is 0.0159. The smallest absolute Gasteiger partial charge is 0.340 e. The van der Waals surface area contributed by atoms with E-state index in [0.29, 0.717) is 16.7 Å². The number of benzene rings is 2. The molecule has 0 bridgehead atoms. The minimum Gasteiger partial charge on any atom is -0.452 e. The lowest BCUT2D eigenvalue weighted by Gasteiger charge is -2.19. The van der Waals surface area contributed by atoms with Crippen LogP contribution in [0.1, 0.15) is 24.2 Å². The van der Waals surface area contributed by atoms with Gasteiger partial charge in [-0.15, -0.1) is 0 Å². The van der Waals surface area contributed by atoms with Gasteiger partial charge >= 0.3 is 5.97 Å². The van der Waals surface area contributed by atoms with Gasteiger partial charge < -0.3 is 10.1 Å². The van der Waals surface area contributed by atoms with Crippen molar-refractivity contribution in [3.05, 3.63) is 47.0 Å². The lowest BCUT2D eigenvalue weighted by Crippen LogP contribution is -2.30. The van der Waals surface area contributed by atoms with Crippen molar-refractivity contribution in [3.8, 4) is 0 Å². The molecule has 3 rings (SSSR count). The molecule has 12 heteroatoms. The van der Waals surface area contributed by atoms with Gasteiger partial charge in [0.2, 0.25) is 10.0 Å². The first-order chi connectivity index (χ1) is 14.8. The molecule has 0 saturated heterocycles. The number of hydrogen-bond donors (Lipinski definition) is 1. The molecule has 0 fully saturated rings. The third-order valence-corrected chi connectivity index (χ3v) is 7.31. The Balaban J connectivity index is 1.71. The van der Waals surface area contributed by atoms with Crippen LogP contribution in [0.4, 0.5) is 5.69 Å². The zero-order chi connectivity index (χ0) is 22.6. The lowest BCUT2D eigenvalue weighted by molar-refractivity contribution is -0.119. The number of aromatic nitrogens is 2. The maximum atomic E-state index is 12.7. The van der Waals surface area contributed by atoms with Crippen LogP contribution in [-0.2, 0) is 19.6 Å². The summed E-state index contributed by atoms with van der Waals surface area (Å²) in [5, 5.41) is 2.63. The summed E-state index contributed by atoms with van der Waals surface area (Å²) in [6, 6.07) is 8.91. The number of amides is 1. The first kappa shape index (κ1) is 23.1. The van der Waals surface area contributed by atoms with Crippen LogP contribution in [0.3, 0.4) is 0 Å². The molecule has 0 unspecified atom stereocenters. The normalized spacial score (nSPS) is 11.6. The van der Waals surface area contributed by atoms with Gasteiger partial charge in [0.15, 0.2) is 6.61 Å². The molecule has 1 N–H and O–H groups in total. The molecule has 0 aliphatic heterocycles. The molecule has 1 heterocycles. The summed E-state index contributed by atoms with van der Waals surface area (Å²) >= 11 is 7.08. The highest BCUT2D eigenvalue weighted by Crippen LogP contribution is 2.24. The summed E-state index contributed by atoms with van der Waals surface area (Å²) in [5.41, 5.74) is 1.47. The molecule has 1 amide bonds. The van der Waals surface area contributed by atoms with Gasteiger partial charge in [0.05, 0.1) is 32.9 Å². The van der Waals surface area contributed by atoms with Gasteiger partial charge in [-0.05, 0) is 30.3 Å². The Morgan fingerprint density at radius 2 is 1.90 bits per heavy atom. The summed E-state index contributed by atoms with van der Waals surface area (Å²) in [5.74, 6) is -1.50. The molecule has 0 spiro atoms. The molecular weight excluding hydrogens is 464 g/mol. The van der Waals surface area contributed by atoms with Gasteiger partial charge in [0, 0.05) is 13.1 Å². The molecule has 3 aromatic rings. The summed E-state index contributed by atoms with van der Waals surface area (Å²) in [7, 11) is -3.79. The number of carbonyl (C=O) groups is 2. The molecule has 0 atom stereocenters. The van der Waals surface area contributed by atoms with Crippen LogP contribution < -0.4 is 5.32 Å². The van der Waals surface area contributed by atoms with E-state index >= 15 is 0 Å². The molecule has 0 aliphatic carbocycles. The number of esters is 1. The SMILES string of the molecule is CCN(CC)S(=O)(=O)c1ccc(Cl)c(C(=O)OCC(=O)Nc2cccc3nsnc23)c1. The number of nitrogens with zero attached hydrogens (tertiary/aromatic N) is 3. The predicted octanol–water partition coefficient (Wildman–Crippen LogP) is 3.17. The summed E-state index contributed by atoms with van der Waals surface area (Å²) in [6.07, 6.45) is 0. The number of nitrogens with one attached hydrogen (secondary N) is 1. The average molecular weight is 483 g/mol. The molecule has 164 valence electrons. The topological polar surface area (TPSA) is 119 Å². The molecule has 0 aliphatic rings. The zero-order valence-electron chi connectivity index (χ0n) is 16.7. The maximum Gasteiger partial charge on any atom is 0.340 e. The van der Waals surface area contributed by atoms with Crippen molar-refractivity contribution in [2.45, 2.75) is 18.7 Å². The van der Waals surface area contributed by atoms with E-state index in [2.05, 4.69) is 14.1 Å². The standard InChI is InChI=1S/C19H19ClN4O5S2/c1-3-24(4-2)31(27,28)12-8-9-14(20)13(10-12)19(26)29-11-17(25)21-15-6-5-7-16-18(15)23-30-22-16/h5-10H,3-4,11H2,1-2H3,(H,21,25). The van der Waals surface area contributed by atoms with Crippen LogP contribution in [0.15, 0.2) is 41.3 Å². The Morgan fingerprint density at radius 1 is 1.16 bits per heavy atom. The lowest BCUT2D eigenvalue weighted by atomic mass is 10.2. The van der Waals surface area contributed by atoms with Gasteiger partial charge in [0.1, 0.15) is 11.0 Å². The number of hydrogen-bond acceptors (Lipinski definition) is 8. The number of fused-ring (bicyclic) bond motifs is 1. The quantitative estimate of drug-likeness (QED) is 0.490. The van der Waals surface area contributed by atoms with Crippen molar-refractivity contribution in [2.24, 2.45) is 0 Å². The van der Waals surface area contributed by atoms with Gasteiger partial charge in [-0.1, -0.05) is 31.5 Å².